The molecule has 0 radical (unpaired) electrons. The van der Waals surface area contributed by atoms with Gasteiger partial charge in [-0.25, -0.2) is 15.4 Å². The summed E-state index contributed by atoms with van der Waals surface area (Å²) in [6.07, 6.45) is 1.46. The number of hydrogen-bond acceptors (Lipinski definition) is 7. The molecule has 0 spiro atoms. The highest BCUT2D eigenvalue weighted by atomic mass is 32.1. The minimum Gasteiger partial charge on any atom is -0.352 e. The second-order valence-corrected chi connectivity index (χ2v) is 7.11. The summed E-state index contributed by atoms with van der Waals surface area (Å²) < 4.78 is 0. The summed E-state index contributed by atoms with van der Waals surface area (Å²) >= 11 is 1.33. The second-order valence-electron chi connectivity index (χ2n) is 6.11. The molecule has 2 aromatic heterocycles. The van der Waals surface area contributed by atoms with E-state index < -0.39 is 0 Å². The molecule has 8 nitrogen and oxygen atoms in total. The number of thiophene rings is 1. The number of nitrogens with one attached hydrogen (secondary N) is 3. The normalized spacial score (nSPS) is 10.7. The molecule has 0 aliphatic rings. The minimum absolute atomic E-state index is 0.122. The molecule has 0 atom stereocenters. The van der Waals surface area contributed by atoms with Crippen molar-refractivity contribution in [3.05, 3.63) is 46.1 Å². The van der Waals surface area contributed by atoms with Crippen molar-refractivity contribution in [2.75, 3.05) is 19.0 Å². The van der Waals surface area contributed by atoms with Gasteiger partial charge in [0.15, 0.2) is 0 Å². The first-order chi connectivity index (χ1) is 13.5. The van der Waals surface area contributed by atoms with Crippen LogP contribution in [0.3, 0.4) is 0 Å². The van der Waals surface area contributed by atoms with Crippen LogP contribution in [-0.4, -0.2) is 35.4 Å². The molecule has 1 aromatic carbocycles. The van der Waals surface area contributed by atoms with Gasteiger partial charge < -0.3 is 10.6 Å². The van der Waals surface area contributed by atoms with Gasteiger partial charge in [-0.1, -0.05) is 6.07 Å². The van der Waals surface area contributed by atoms with E-state index in [1.807, 2.05) is 26.8 Å². The molecule has 0 bridgehead atoms. The number of carbonyl (C=O) groups excluding carboxylic acids is 2. The van der Waals surface area contributed by atoms with Gasteiger partial charge in [-0.15, -0.1) is 11.3 Å². The molecule has 0 aliphatic heterocycles. The van der Waals surface area contributed by atoms with Crippen LogP contribution in [0.5, 0.6) is 0 Å². The summed E-state index contributed by atoms with van der Waals surface area (Å²) in [5, 5.41) is 6.89. The molecule has 9 heteroatoms. The van der Waals surface area contributed by atoms with Crippen molar-refractivity contribution in [3.8, 4) is 0 Å². The number of anilines is 2. The highest BCUT2D eigenvalue weighted by molar-refractivity contribution is 7.20. The van der Waals surface area contributed by atoms with Crippen molar-refractivity contribution in [1.29, 1.82) is 0 Å². The lowest BCUT2D eigenvalue weighted by Gasteiger charge is -2.12. The molecule has 2 amide bonds. The number of fused-ring (bicyclic) bond motifs is 1. The smallest absolute Gasteiger partial charge is 0.274 e. The van der Waals surface area contributed by atoms with Crippen LogP contribution in [0, 0.1) is 13.8 Å². The Labute approximate surface area is 166 Å². The van der Waals surface area contributed by atoms with Gasteiger partial charge in [0.1, 0.15) is 17.0 Å². The second kappa shape index (κ2) is 8.32. The molecular weight excluding hydrogens is 378 g/mol. The van der Waals surface area contributed by atoms with Crippen LogP contribution in [0.4, 0.5) is 11.5 Å². The third kappa shape index (κ3) is 3.80. The van der Waals surface area contributed by atoms with Gasteiger partial charge in [0.05, 0.1) is 17.4 Å². The summed E-state index contributed by atoms with van der Waals surface area (Å²) in [5.74, 6) is 0.119. The van der Waals surface area contributed by atoms with E-state index in [1.54, 1.807) is 12.1 Å². The SMILES string of the molecule is CCNC(=O)c1sc2ncnc(Nc3cc(C(=O)NOC)ccc3C)c2c1C. The highest BCUT2D eigenvalue weighted by Gasteiger charge is 2.19. The molecule has 28 heavy (non-hydrogen) atoms. The number of benzene rings is 1. The van der Waals surface area contributed by atoms with Crippen LogP contribution < -0.4 is 16.1 Å². The fourth-order valence-corrected chi connectivity index (χ4v) is 3.87. The molecule has 3 rings (SSSR count). The number of hydroxylamine groups is 1. The maximum Gasteiger partial charge on any atom is 0.274 e. The molecule has 0 saturated carbocycles. The summed E-state index contributed by atoms with van der Waals surface area (Å²) in [6.45, 7) is 6.24. The molecule has 2 heterocycles. The van der Waals surface area contributed by atoms with Crippen LogP contribution >= 0.6 is 11.3 Å². The van der Waals surface area contributed by atoms with Gasteiger partial charge >= 0.3 is 0 Å². The molecule has 0 saturated heterocycles. The summed E-state index contributed by atoms with van der Waals surface area (Å²) in [5.41, 5.74) is 5.25. The van der Waals surface area contributed by atoms with Crippen molar-refractivity contribution < 1.29 is 14.4 Å². The van der Waals surface area contributed by atoms with Gasteiger partial charge in [0, 0.05) is 17.8 Å². The average Bonchev–Trinajstić information content (AvgIpc) is 3.02. The van der Waals surface area contributed by atoms with Crippen molar-refractivity contribution in [2.45, 2.75) is 20.8 Å². The lowest BCUT2D eigenvalue weighted by atomic mass is 10.1. The summed E-state index contributed by atoms with van der Waals surface area (Å²) in [7, 11) is 1.38. The number of amides is 2. The van der Waals surface area contributed by atoms with Gasteiger partial charge in [-0.2, -0.15) is 0 Å². The molecular formula is C19H21N5O3S. The zero-order valence-corrected chi connectivity index (χ0v) is 16.9. The number of aromatic nitrogens is 2. The Morgan fingerprint density at radius 3 is 2.68 bits per heavy atom. The van der Waals surface area contributed by atoms with Crippen molar-refractivity contribution >= 4 is 44.9 Å². The van der Waals surface area contributed by atoms with E-state index in [2.05, 4.69) is 30.9 Å². The quantitative estimate of drug-likeness (QED) is 0.550. The van der Waals surface area contributed by atoms with E-state index in [0.717, 1.165) is 27.0 Å². The third-order valence-corrected chi connectivity index (χ3v) is 5.42. The minimum atomic E-state index is -0.344. The van der Waals surface area contributed by atoms with E-state index in [4.69, 9.17) is 0 Å². The maximum atomic E-state index is 12.3. The molecule has 0 unspecified atom stereocenters. The predicted molar refractivity (Wildman–Crippen MR) is 109 cm³/mol. The fourth-order valence-electron chi connectivity index (χ4n) is 2.80. The van der Waals surface area contributed by atoms with Crippen LogP contribution in [0.15, 0.2) is 24.5 Å². The van der Waals surface area contributed by atoms with E-state index in [0.29, 0.717) is 22.8 Å². The third-order valence-electron chi connectivity index (χ3n) is 4.22. The Morgan fingerprint density at radius 2 is 1.96 bits per heavy atom. The summed E-state index contributed by atoms with van der Waals surface area (Å²) in [6, 6.07) is 5.28. The van der Waals surface area contributed by atoms with E-state index in [-0.39, 0.29) is 11.8 Å². The molecule has 0 fully saturated rings. The fraction of sp³-hybridized carbons (Fsp3) is 0.263. The van der Waals surface area contributed by atoms with Crippen LogP contribution in [0.1, 0.15) is 38.1 Å². The van der Waals surface area contributed by atoms with Crippen LogP contribution in [-0.2, 0) is 4.84 Å². The van der Waals surface area contributed by atoms with Crippen molar-refractivity contribution in [2.24, 2.45) is 0 Å². The van der Waals surface area contributed by atoms with Gasteiger partial charge in [-0.3, -0.25) is 14.4 Å². The van der Waals surface area contributed by atoms with E-state index >= 15 is 0 Å². The van der Waals surface area contributed by atoms with Gasteiger partial charge in [0.25, 0.3) is 11.8 Å². The van der Waals surface area contributed by atoms with Crippen LogP contribution in [0.25, 0.3) is 10.2 Å². The Balaban J connectivity index is 2.02. The first-order valence-electron chi connectivity index (χ1n) is 8.69. The number of carbonyl (C=O) groups is 2. The lowest BCUT2D eigenvalue weighted by molar-refractivity contribution is 0.0537. The molecule has 3 aromatic rings. The zero-order valence-electron chi connectivity index (χ0n) is 16.0. The summed E-state index contributed by atoms with van der Waals surface area (Å²) in [4.78, 5) is 39.0. The predicted octanol–water partition coefficient (Wildman–Crippen LogP) is 3.09. The zero-order chi connectivity index (χ0) is 20.3. The Kier molecular flexibility index (Phi) is 5.86. The largest absolute Gasteiger partial charge is 0.352 e. The Hall–Kier alpha value is -3.04. The van der Waals surface area contributed by atoms with Crippen LogP contribution in [0.2, 0.25) is 0 Å². The van der Waals surface area contributed by atoms with Crippen molar-refractivity contribution in [1.82, 2.24) is 20.8 Å². The number of aryl methyl sites for hydroxylation is 2. The molecule has 3 N–H and O–H groups in total. The van der Waals surface area contributed by atoms with Crippen molar-refractivity contribution in [3.63, 3.8) is 0 Å². The maximum absolute atomic E-state index is 12.3. The number of hydrogen-bond donors (Lipinski definition) is 3. The van der Waals surface area contributed by atoms with Gasteiger partial charge in [-0.05, 0) is 44.0 Å². The monoisotopic (exact) mass is 399 g/mol. The number of nitrogens with zero attached hydrogens (tertiary/aromatic N) is 2. The first kappa shape index (κ1) is 19.7. The molecule has 0 aliphatic carbocycles. The molecule has 146 valence electrons. The number of rotatable bonds is 6. The topological polar surface area (TPSA) is 105 Å². The standard InChI is InChI=1S/C19H21N5O3S/c1-5-20-18(26)15-11(3)14-16(21-9-22-19(14)28-15)23-13-8-12(7-6-10(13)2)17(25)24-27-4/h6-9H,5H2,1-4H3,(H,20,26)(H,24,25)(H,21,22,23). The first-order valence-corrected chi connectivity index (χ1v) is 9.51. The lowest BCUT2D eigenvalue weighted by Crippen LogP contribution is -2.22. The van der Waals surface area contributed by atoms with E-state index in [9.17, 15) is 9.59 Å². The highest BCUT2D eigenvalue weighted by Crippen LogP contribution is 2.35. The van der Waals surface area contributed by atoms with Gasteiger partial charge in [0.2, 0.25) is 0 Å². The Morgan fingerprint density at radius 1 is 1.18 bits per heavy atom. The Bertz CT molecular complexity index is 1050. The van der Waals surface area contributed by atoms with E-state index in [1.165, 1.54) is 24.8 Å². The average molecular weight is 399 g/mol.